The predicted molar refractivity (Wildman–Crippen MR) is 115 cm³/mol. The fourth-order valence-electron chi connectivity index (χ4n) is 3.16. The predicted octanol–water partition coefficient (Wildman–Crippen LogP) is 1.66. The van der Waals surface area contributed by atoms with Crippen LogP contribution in [0.1, 0.15) is 13.8 Å². The van der Waals surface area contributed by atoms with Crippen LogP contribution in [0.25, 0.3) is 10.9 Å². The van der Waals surface area contributed by atoms with E-state index in [4.69, 9.17) is 4.74 Å². The highest BCUT2D eigenvalue weighted by molar-refractivity contribution is 5.95. The molecule has 0 aliphatic rings. The molecule has 0 spiro atoms. The summed E-state index contributed by atoms with van der Waals surface area (Å²) in [5, 5.41) is 13.6. The lowest BCUT2D eigenvalue weighted by atomic mass is 10.2. The first-order valence-electron chi connectivity index (χ1n) is 9.70. The maximum atomic E-state index is 12.7. The van der Waals surface area contributed by atoms with Gasteiger partial charge in [0.2, 0.25) is 0 Å². The summed E-state index contributed by atoms with van der Waals surface area (Å²) < 4.78 is 7.27. The van der Waals surface area contributed by atoms with Crippen LogP contribution < -0.4 is 16.6 Å². The van der Waals surface area contributed by atoms with Crippen molar-refractivity contribution in [2.24, 2.45) is 0 Å². The van der Waals surface area contributed by atoms with Crippen molar-refractivity contribution in [2.45, 2.75) is 33.0 Å². The van der Waals surface area contributed by atoms with Gasteiger partial charge in [-0.2, -0.15) is 0 Å². The van der Waals surface area contributed by atoms with Gasteiger partial charge in [0, 0.05) is 24.4 Å². The number of aromatic nitrogens is 2. The Morgan fingerprint density at radius 2 is 1.84 bits per heavy atom. The topological polar surface area (TPSA) is 143 Å². The molecule has 0 aliphatic heterocycles. The number of rotatable bonds is 7. The molecule has 0 aliphatic carbocycles. The Kier molecular flexibility index (Phi) is 6.47. The molecule has 11 nitrogen and oxygen atoms in total. The van der Waals surface area contributed by atoms with E-state index in [1.807, 2.05) is 0 Å². The van der Waals surface area contributed by atoms with E-state index in [1.165, 1.54) is 31.2 Å². The van der Waals surface area contributed by atoms with Crippen molar-refractivity contribution in [3.05, 3.63) is 79.5 Å². The number of benzene rings is 2. The van der Waals surface area contributed by atoms with Crippen LogP contribution in [0, 0.1) is 10.1 Å². The second-order valence-corrected chi connectivity index (χ2v) is 6.86. The molecule has 11 heteroatoms. The molecule has 3 rings (SSSR count). The standard InChI is InChI=1S/C21H20N4O7/c1-3-23-20(28)16-9-4-5-10-17(16)24(21(23)29)12-18(26)32-13(2)19(27)22-14-7-6-8-15(11-14)25(30)31/h4-11,13H,3,12H2,1-2H3,(H,22,27). The number of nitro benzene ring substituents is 1. The van der Waals surface area contributed by atoms with Crippen LogP contribution in [-0.4, -0.2) is 32.0 Å². The molecule has 1 N–H and O–H groups in total. The van der Waals surface area contributed by atoms with Gasteiger partial charge in [-0.05, 0) is 32.0 Å². The highest BCUT2D eigenvalue weighted by Crippen LogP contribution is 2.17. The van der Waals surface area contributed by atoms with Crippen molar-refractivity contribution >= 4 is 34.2 Å². The SMILES string of the molecule is CCn1c(=O)c2ccccc2n(CC(=O)OC(C)C(=O)Nc2cccc([N+](=O)[O-])c2)c1=O. The molecule has 1 atom stereocenters. The van der Waals surface area contributed by atoms with Crippen LogP contribution in [-0.2, 0) is 27.4 Å². The fourth-order valence-corrected chi connectivity index (χ4v) is 3.16. The van der Waals surface area contributed by atoms with Crippen LogP contribution in [0.4, 0.5) is 11.4 Å². The van der Waals surface area contributed by atoms with E-state index in [0.29, 0.717) is 0 Å². The summed E-state index contributed by atoms with van der Waals surface area (Å²) in [5.41, 5.74) is -0.879. The van der Waals surface area contributed by atoms with Crippen molar-refractivity contribution < 1.29 is 19.2 Å². The highest BCUT2D eigenvalue weighted by atomic mass is 16.6. The molecular formula is C21H20N4O7. The number of nitrogens with zero attached hydrogens (tertiary/aromatic N) is 3. The molecule has 1 aromatic heterocycles. The lowest BCUT2D eigenvalue weighted by Crippen LogP contribution is -2.41. The zero-order chi connectivity index (χ0) is 23.4. The summed E-state index contributed by atoms with van der Waals surface area (Å²) in [4.78, 5) is 60.2. The van der Waals surface area contributed by atoms with E-state index in [0.717, 1.165) is 9.13 Å². The minimum absolute atomic E-state index is 0.125. The number of anilines is 1. The van der Waals surface area contributed by atoms with Gasteiger partial charge in [-0.25, -0.2) is 4.79 Å². The van der Waals surface area contributed by atoms with E-state index in [9.17, 15) is 29.3 Å². The zero-order valence-electron chi connectivity index (χ0n) is 17.3. The maximum Gasteiger partial charge on any atom is 0.332 e. The molecule has 0 radical (unpaired) electrons. The Labute approximate surface area is 181 Å². The van der Waals surface area contributed by atoms with Gasteiger partial charge < -0.3 is 10.1 Å². The van der Waals surface area contributed by atoms with Crippen molar-refractivity contribution in [3.63, 3.8) is 0 Å². The van der Waals surface area contributed by atoms with Crippen LogP contribution in [0.15, 0.2) is 58.1 Å². The number of non-ortho nitro benzene ring substituents is 1. The first-order valence-corrected chi connectivity index (χ1v) is 9.70. The molecule has 0 fully saturated rings. The molecular weight excluding hydrogens is 420 g/mol. The first kappa shape index (κ1) is 22.4. The summed E-state index contributed by atoms with van der Waals surface area (Å²) in [6, 6.07) is 11.7. The maximum absolute atomic E-state index is 12.7. The minimum atomic E-state index is -1.24. The molecule has 32 heavy (non-hydrogen) atoms. The number of ether oxygens (including phenoxy) is 1. The van der Waals surface area contributed by atoms with E-state index in [2.05, 4.69) is 5.32 Å². The third kappa shape index (κ3) is 4.56. The lowest BCUT2D eigenvalue weighted by Gasteiger charge is -2.16. The Balaban J connectivity index is 1.77. The monoisotopic (exact) mass is 440 g/mol. The molecule has 0 saturated carbocycles. The van der Waals surface area contributed by atoms with Gasteiger partial charge in [0.05, 0.1) is 15.8 Å². The fraction of sp³-hybridized carbons (Fsp3) is 0.238. The quantitative estimate of drug-likeness (QED) is 0.334. The normalized spacial score (nSPS) is 11.7. The Morgan fingerprint density at radius 1 is 1.12 bits per heavy atom. The summed E-state index contributed by atoms with van der Waals surface area (Å²) >= 11 is 0. The molecule has 166 valence electrons. The van der Waals surface area contributed by atoms with Crippen LogP contribution in [0.5, 0.6) is 0 Å². The van der Waals surface area contributed by atoms with Gasteiger partial charge >= 0.3 is 11.7 Å². The zero-order valence-corrected chi connectivity index (χ0v) is 17.3. The Morgan fingerprint density at radius 3 is 2.53 bits per heavy atom. The molecule has 1 unspecified atom stereocenters. The van der Waals surface area contributed by atoms with E-state index >= 15 is 0 Å². The van der Waals surface area contributed by atoms with Gasteiger partial charge in [-0.1, -0.05) is 18.2 Å². The number of hydrogen-bond acceptors (Lipinski definition) is 7. The average molecular weight is 440 g/mol. The smallest absolute Gasteiger partial charge is 0.332 e. The van der Waals surface area contributed by atoms with Gasteiger partial charge in [0.15, 0.2) is 6.10 Å². The van der Waals surface area contributed by atoms with Crippen molar-refractivity contribution in [2.75, 3.05) is 5.32 Å². The Bertz CT molecular complexity index is 1330. The third-order valence-corrected chi connectivity index (χ3v) is 4.74. The van der Waals surface area contributed by atoms with Crippen molar-refractivity contribution in [1.82, 2.24) is 9.13 Å². The Hall–Kier alpha value is -4.28. The van der Waals surface area contributed by atoms with Crippen LogP contribution >= 0.6 is 0 Å². The summed E-state index contributed by atoms with van der Waals surface area (Å²) in [7, 11) is 0. The van der Waals surface area contributed by atoms with Gasteiger partial charge in [0.1, 0.15) is 6.54 Å². The van der Waals surface area contributed by atoms with Crippen molar-refractivity contribution in [1.29, 1.82) is 0 Å². The van der Waals surface area contributed by atoms with Gasteiger partial charge in [0.25, 0.3) is 17.2 Å². The van der Waals surface area contributed by atoms with E-state index in [-0.39, 0.29) is 28.8 Å². The largest absolute Gasteiger partial charge is 0.451 e. The highest BCUT2D eigenvalue weighted by Gasteiger charge is 2.21. The average Bonchev–Trinajstić information content (AvgIpc) is 2.77. The molecule has 3 aromatic rings. The van der Waals surface area contributed by atoms with Crippen molar-refractivity contribution in [3.8, 4) is 0 Å². The molecule has 1 heterocycles. The van der Waals surface area contributed by atoms with Gasteiger partial charge in [-0.3, -0.25) is 33.6 Å². The number of carbonyl (C=O) groups is 2. The number of hydrogen-bond donors (Lipinski definition) is 1. The molecule has 0 bridgehead atoms. The summed E-state index contributed by atoms with van der Waals surface area (Å²) in [5.74, 6) is -1.56. The number of nitrogens with one attached hydrogen (secondary N) is 1. The minimum Gasteiger partial charge on any atom is -0.451 e. The number of nitro groups is 1. The van der Waals surface area contributed by atoms with Crippen LogP contribution in [0.2, 0.25) is 0 Å². The number of esters is 1. The lowest BCUT2D eigenvalue weighted by molar-refractivity contribution is -0.384. The third-order valence-electron chi connectivity index (χ3n) is 4.74. The first-order chi connectivity index (χ1) is 15.2. The summed E-state index contributed by atoms with van der Waals surface area (Å²) in [6.07, 6.45) is -1.24. The second-order valence-electron chi connectivity index (χ2n) is 6.86. The number of carbonyl (C=O) groups excluding carboxylic acids is 2. The number of para-hydroxylation sites is 1. The molecule has 2 aromatic carbocycles. The summed E-state index contributed by atoms with van der Waals surface area (Å²) in [6.45, 7) is 2.59. The number of amides is 1. The van der Waals surface area contributed by atoms with E-state index < -0.39 is 40.7 Å². The molecule has 1 amide bonds. The second kappa shape index (κ2) is 9.25. The molecule has 0 saturated heterocycles. The van der Waals surface area contributed by atoms with Gasteiger partial charge in [-0.15, -0.1) is 0 Å². The number of fused-ring (bicyclic) bond motifs is 1. The van der Waals surface area contributed by atoms with E-state index in [1.54, 1.807) is 31.2 Å². The van der Waals surface area contributed by atoms with Crippen LogP contribution in [0.3, 0.4) is 0 Å².